The highest BCUT2D eigenvalue weighted by Crippen LogP contribution is 2.20. The molecule has 1 aromatic carbocycles. The van der Waals surface area contributed by atoms with E-state index in [0.29, 0.717) is 38.5 Å². The molecule has 142 valence electrons. The van der Waals surface area contributed by atoms with Crippen LogP contribution in [0.5, 0.6) is 0 Å². The van der Waals surface area contributed by atoms with Crippen molar-refractivity contribution in [1.29, 1.82) is 0 Å². The van der Waals surface area contributed by atoms with Gasteiger partial charge in [-0.05, 0) is 18.1 Å². The van der Waals surface area contributed by atoms with Crippen LogP contribution in [0.3, 0.4) is 0 Å². The highest BCUT2D eigenvalue weighted by Gasteiger charge is 2.25. The lowest BCUT2D eigenvalue weighted by molar-refractivity contribution is -0.153. The largest absolute Gasteiger partial charge is 0.455 e. The molecule has 0 aliphatic carbocycles. The third-order valence-electron chi connectivity index (χ3n) is 4.70. The highest BCUT2D eigenvalue weighted by atomic mass is 16.5. The number of carbonyl (C=O) groups is 2. The molecule has 1 aliphatic rings. The summed E-state index contributed by atoms with van der Waals surface area (Å²) in [6, 6.07) is 11.3. The van der Waals surface area contributed by atoms with Crippen molar-refractivity contribution in [1.82, 2.24) is 14.9 Å². The zero-order chi connectivity index (χ0) is 19.1. The topological polar surface area (TPSA) is 75.6 Å². The minimum Gasteiger partial charge on any atom is -0.455 e. The quantitative estimate of drug-likeness (QED) is 0.725. The van der Waals surface area contributed by atoms with Crippen molar-refractivity contribution in [3.63, 3.8) is 0 Å². The first-order valence-corrected chi connectivity index (χ1v) is 9.20. The predicted molar refractivity (Wildman–Crippen MR) is 101 cm³/mol. The van der Waals surface area contributed by atoms with E-state index in [2.05, 4.69) is 9.97 Å². The zero-order valence-corrected chi connectivity index (χ0v) is 15.5. The van der Waals surface area contributed by atoms with Gasteiger partial charge < -0.3 is 14.5 Å². The molecule has 0 spiro atoms. The highest BCUT2D eigenvalue weighted by molar-refractivity contribution is 5.83. The smallest absolute Gasteiger partial charge is 0.313 e. The van der Waals surface area contributed by atoms with Crippen LogP contribution in [0.1, 0.15) is 24.8 Å². The molecule has 7 heteroatoms. The lowest BCUT2D eigenvalue weighted by atomic mass is 9.97. The summed E-state index contributed by atoms with van der Waals surface area (Å²) in [6.45, 7) is 4.15. The Morgan fingerprint density at radius 1 is 1.04 bits per heavy atom. The molecule has 1 fully saturated rings. The van der Waals surface area contributed by atoms with Gasteiger partial charge in [0, 0.05) is 38.6 Å². The Balaban J connectivity index is 1.47. The molecule has 0 unspecified atom stereocenters. The number of hydrogen-bond donors (Lipinski definition) is 0. The second kappa shape index (κ2) is 9.12. The van der Waals surface area contributed by atoms with Gasteiger partial charge in [-0.15, -0.1) is 0 Å². The molecule has 2 heterocycles. The molecule has 1 saturated heterocycles. The van der Waals surface area contributed by atoms with Crippen molar-refractivity contribution in [2.45, 2.75) is 19.3 Å². The monoisotopic (exact) mass is 368 g/mol. The van der Waals surface area contributed by atoms with Crippen LogP contribution in [0, 0.1) is 0 Å². The second-order valence-corrected chi connectivity index (χ2v) is 6.40. The van der Waals surface area contributed by atoms with Gasteiger partial charge in [-0.1, -0.05) is 37.3 Å². The lowest BCUT2D eigenvalue weighted by Crippen LogP contribution is -2.50. The SMILES string of the molecule is CC[C@H](C(=O)OCC(=O)N1CCN(c2ncccn2)CC1)c1ccccc1. The maximum absolute atomic E-state index is 12.4. The van der Waals surface area contributed by atoms with Crippen LogP contribution in [0.2, 0.25) is 0 Å². The van der Waals surface area contributed by atoms with Gasteiger partial charge in [0.1, 0.15) is 0 Å². The Bertz CT molecular complexity index is 746. The molecule has 0 radical (unpaired) electrons. The molecule has 27 heavy (non-hydrogen) atoms. The van der Waals surface area contributed by atoms with Crippen LogP contribution in [-0.4, -0.2) is 59.5 Å². The predicted octanol–water partition coefficient (Wildman–Crippen LogP) is 1.86. The van der Waals surface area contributed by atoms with E-state index in [9.17, 15) is 9.59 Å². The summed E-state index contributed by atoms with van der Waals surface area (Å²) in [7, 11) is 0. The van der Waals surface area contributed by atoms with Gasteiger partial charge in [0.05, 0.1) is 5.92 Å². The molecule has 1 aromatic heterocycles. The zero-order valence-electron chi connectivity index (χ0n) is 15.5. The number of amides is 1. The number of anilines is 1. The Kier molecular flexibility index (Phi) is 6.35. The maximum Gasteiger partial charge on any atom is 0.313 e. The van der Waals surface area contributed by atoms with Gasteiger partial charge in [-0.3, -0.25) is 9.59 Å². The normalized spacial score (nSPS) is 15.3. The summed E-state index contributed by atoms with van der Waals surface area (Å²) in [5, 5.41) is 0. The van der Waals surface area contributed by atoms with Gasteiger partial charge in [-0.2, -0.15) is 0 Å². The number of hydrogen-bond acceptors (Lipinski definition) is 6. The van der Waals surface area contributed by atoms with E-state index >= 15 is 0 Å². The minimum atomic E-state index is -0.353. The molecule has 1 atom stereocenters. The lowest BCUT2D eigenvalue weighted by Gasteiger charge is -2.34. The Hall–Kier alpha value is -2.96. The molecule has 1 aliphatic heterocycles. The first-order chi connectivity index (χ1) is 13.2. The third kappa shape index (κ3) is 4.81. The molecular weight excluding hydrogens is 344 g/mol. The van der Waals surface area contributed by atoms with Gasteiger partial charge in [0.2, 0.25) is 5.95 Å². The van der Waals surface area contributed by atoms with Crippen molar-refractivity contribution in [2.75, 3.05) is 37.7 Å². The van der Waals surface area contributed by atoms with Gasteiger partial charge >= 0.3 is 5.97 Å². The molecular formula is C20H24N4O3. The first-order valence-electron chi connectivity index (χ1n) is 9.20. The average molecular weight is 368 g/mol. The fourth-order valence-corrected chi connectivity index (χ4v) is 3.16. The second-order valence-electron chi connectivity index (χ2n) is 6.40. The van der Waals surface area contributed by atoms with Crippen molar-refractivity contribution in [3.05, 3.63) is 54.4 Å². The average Bonchev–Trinajstić information content (AvgIpc) is 2.74. The van der Waals surface area contributed by atoms with Crippen LogP contribution in [0.25, 0.3) is 0 Å². The summed E-state index contributed by atoms with van der Waals surface area (Å²) in [4.78, 5) is 37.0. The summed E-state index contributed by atoms with van der Waals surface area (Å²) < 4.78 is 5.31. The van der Waals surface area contributed by atoms with Crippen molar-refractivity contribution in [3.8, 4) is 0 Å². The molecule has 0 saturated carbocycles. The minimum absolute atomic E-state index is 0.167. The number of piperazine rings is 1. The summed E-state index contributed by atoms with van der Waals surface area (Å²) in [5.41, 5.74) is 0.911. The Labute approximate surface area is 159 Å². The fraction of sp³-hybridized carbons (Fsp3) is 0.400. The van der Waals surface area contributed by atoms with Crippen LogP contribution in [0.15, 0.2) is 48.8 Å². The Morgan fingerprint density at radius 2 is 1.70 bits per heavy atom. The van der Waals surface area contributed by atoms with E-state index < -0.39 is 0 Å². The standard InChI is InChI=1S/C20H24N4O3/c1-2-17(16-7-4-3-5-8-16)19(26)27-15-18(25)23-11-13-24(14-12-23)20-21-9-6-10-22-20/h3-10,17H,2,11-15H2,1H3/t17-/m0/s1. The molecule has 7 nitrogen and oxygen atoms in total. The molecule has 3 rings (SSSR count). The van der Waals surface area contributed by atoms with Gasteiger partial charge in [0.15, 0.2) is 6.61 Å². The van der Waals surface area contributed by atoms with E-state index in [1.165, 1.54) is 0 Å². The molecule has 1 amide bonds. The Morgan fingerprint density at radius 3 is 2.33 bits per heavy atom. The van der Waals surface area contributed by atoms with Crippen molar-refractivity contribution in [2.24, 2.45) is 0 Å². The van der Waals surface area contributed by atoms with Crippen LogP contribution < -0.4 is 4.90 Å². The van der Waals surface area contributed by atoms with Crippen molar-refractivity contribution >= 4 is 17.8 Å². The van der Waals surface area contributed by atoms with Crippen LogP contribution in [-0.2, 0) is 14.3 Å². The van der Waals surface area contributed by atoms with Gasteiger partial charge in [-0.25, -0.2) is 9.97 Å². The third-order valence-corrected chi connectivity index (χ3v) is 4.70. The van der Waals surface area contributed by atoms with E-state index in [1.807, 2.05) is 42.2 Å². The summed E-state index contributed by atoms with van der Waals surface area (Å²) in [6.07, 6.45) is 4.04. The van der Waals surface area contributed by atoms with E-state index in [-0.39, 0.29) is 24.4 Å². The van der Waals surface area contributed by atoms with Gasteiger partial charge in [0.25, 0.3) is 5.91 Å². The number of carbonyl (C=O) groups excluding carboxylic acids is 2. The van der Waals surface area contributed by atoms with E-state index in [0.717, 1.165) is 5.56 Å². The van der Waals surface area contributed by atoms with E-state index in [4.69, 9.17) is 4.74 Å². The fourth-order valence-electron chi connectivity index (χ4n) is 3.16. The summed E-state index contributed by atoms with van der Waals surface area (Å²) >= 11 is 0. The maximum atomic E-state index is 12.4. The molecule has 0 N–H and O–H groups in total. The van der Waals surface area contributed by atoms with Crippen LogP contribution >= 0.6 is 0 Å². The molecule has 2 aromatic rings. The number of benzene rings is 1. The van der Waals surface area contributed by atoms with Crippen LogP contribution in [0.4, 0.5) is 5.95 Å². The number of aromatic nitrogens is 2. The number of ether oxygens (including phenoxy) is 1. The van der Waals surface area contributed by atoms with Crippen molar-refractivity contribution < 1.29 is 14.3 Å². The summed E-state index contributed by atoms with van der Waals surface area (Å²) in [5.74, 6) is -0.191. The number of nitrogens with zero attached hydrogens (tertiary/aromatic N) is 4. The number of rotatable bonds is 6. The van der Waals surface area contributed by atoms with E-state index in [1.54, 1.807) is 23.4 Å². The first kappa shape index (κ1) is 18.8. The molecule has 0 bridgehead atoms. The number of esters is 1.